The Hall–Kier alpha value is -1.66. The van der Waals surface area contributed by atoms with Crippen molar-refractivity contribution in [3.05, 3.63) is 25.3 Å². The molecule has 1 aliphatic rings. The molecule has 0 aromatic rings. The number of ether oxygens (including phenoxy) is 4. The Kier molecular flexibility index (Phi) is 5.91. The van der Waals surface area contributed by atoms with E-state index in [2.05, 4.69) is 13.2 Å². The van der Waals surface area contributed by atoms with Crippen LogP contribution in [0.5, 0.6) is 0 Å². The van der Waals surface area contributed by atoms with E-state index >= 15 is 0 Å². The van der Waals surface area contributed by atoms with E-state index < -0.39 is 29.7 Å². The molecule has 0 spiro atoms. The lowest BCUT2D eigenvalue weighted by atomic mass is 9.93. The third kappa shape index (κ3) is 4.79. The zero-order valence-electron chi connectivity index (χ0n) is 11.8. The van der Waals surface area contributed by atoms with E-state index in [4.69, 9.17) is 18.9 Å². The van der Waals surface area contributed by atoms with Crippen molar-refractivity contribution in [1.82, 2.24) is 0 Å². The van der Waals surface area contributed by atoms with Gasteiger partial charge in [0.2, 0.25) is 0 Å². The van der Waals surface area contributed by atoms with Crippen LogP contribution in [0.25, 0.3) is 0 Å². The lowest BCUT2D eigenvalue weighted by Gasteiger charge is -2.37. The van der Waals surface area contributed by atoms with E-state index in [1.807, 2.05) is 13.8 Å². The van der Waals surface area contributed by atoms with Crippen LogP contribution in [-0.4, -0.2) is 44.2 Å². The van der Waals surface area contributed by atoms with Crippen molar-refractivity contribution in [2.24, 2.45) is 5.41 Å². The van der Waals surface area contributed by atoms with Gasteiger partial charge in [-0.1, -0.05) is 27.0 Å². The normalized spacial score (nSPS) is 22.7. The average molecular weight is 284 g/mol. The van der Waals surface area contributed by atoms with Gasteiger partial charge >= 0.3 is 11.9 Å². The highest BCUT2D eigenvalue weighted by molar-refractivity contribution is 5.81. The second kappa shape index (κ2) is 7.21. The van der Waals surface area contributed by atoms with Gasteiger partial charge in [-0.15, -0.1) is 0 Å². The Morgan fingerprint density at radius 3 is 2.25 bits per heavy atom. The standard InChI is InChI=1S/C14H20O6/c1-5-11(15)19-9-14(3,4)13-17-7-10(8-18-13)20-12(16)6-2/h5-6,10,13H,1-2,7-9H2,3-4H3. The van der Waals surface area contributed by atoms with Crippen LogP contribution in [-0.2, 0) is 28.5 Å². The van der Waals surface area contributed by atoms with Crippen LogP contribution in [0.15, 0.2) is 25.3 Å². The number of hydrogen-bond acceptors (Lipinski definition) is 6. The second-order valence-corrected chi connectivity index (χ2v) is 5.06. The van der Waals surface area contributed by atoms with Crippen LogP contribution in [0.2, 0.25) is 0 Å². The van der Waals surface area contributed by atoms with Gasteiger partial charge in [-0.2, -0.15) is 0 Å². The van der Waals surface area contributed by atoms with E-state index in [0.29, 0.717) is 0 Å². The third-order valence-corrected chi connectivity index (χ3v) is 2.71. The molecular formula is C14H20O6. The molecular weight excluding hydrogens is 264 g/mol. The van der Waals surface area contributed by atoms with Gasteiger partial charge in [0.1, 0.15) is 12.7 Å². The molecule has 0 aliphatic carbocycles. The Morgan fingerprint density at radius 2 is 1.75 bits per heavy atom. The molecule has 1 fully saturated rings. The summed E-state index contributed by atoms with van der Waals surface area (Å²) in [5.41, 5.74) is -0.522. The highest BCUT2D eigenvalue weighted by atomic mass is 16.7. The van der Waals surface area contributed by atoms with Gasteiger partial charge in [-0.05, 0) is 0 Å². The molecule has 1 saturated heterocycles. The monoisotopic (exact) mass is 284 g/mol. The lowest BCUT2D eigenvalue weighted by Crippen LogP contribution is -2.46. The molecule has 0 unspecified atom stereocenters. The summed E-state index contributed by atoms with van der Waals surface area (Å²) >= 11 is 0. The van der Waals surface area contributed by atoms with Gasteiger partial charge in [0.05, 0.1) is 13.2 Å². The number of carbonyl (C=O) groups excluding carboxylic acids is 2. The average Bonchev–Trinajstić information content (AvgIpc) is 2.45. The van der Waals surface area contributed by atoms with E-state index in [1.165, 1.54) is 0 Å². The molecule has 1 aliphatic heterocycles. The summed E-state index contributed by atoms with van der Waals surface area (Å²) in [7, 11) is 0. The Balaban J connectivity index is 2.42. The lowest BCUT2D eigenvalue weighted by molar-refractivity contribution is -0.266. The van der Waals surface area contributed by atoms with E-state index in [-0.39, 0.29) is 19.8 Å². The third-order valence-electron chi connectivity index (χ3n) is 2.71. The fraction of sp³-hybridized carbons (Fsp3) is 0.571. The van der Waals surface area contributed by atoms with Crippen LogP contribution < -0.4 is 0 Å². The van der Waals surface area contributed by atoms with Crippen LogP contribution in [0.1, 0.15) is 13.8 Å². The van der Waals surface area contributed by atoms with Crippen molar-refractivity contribution in [2.75, 3.05) is 19.8 Å². The molecule has 0 saturated carbocycles. The van der Waals surface area contributed by atoms with Crippen LogP contribution in [0.3, 0.4) is 0 Å². The van der Waals surface area contributed by atoms with Crippen LogP contribution in [0.4, 0.5) is 0 Å². The molecule has 0 N–H and O–H groups in total. The predicted octanol–water partition coefficient (Wildman–Crippen LogP) is 1.21. The van der Waals surface area contributed by atoms with Crippen LogP contribution in [0, 0.1) is 5.41 Å². The molecule has 0 radical (unpaired) electrons. The van der Waals surface area contributed by atoms with E-state index in [1.54, 1.807) is 0 Å². The molecule has 20 heavy (non-hydrogen) atoms. The predicted molar refractivity (Wildman–Crippen MR) is 70.7 cm³/mol. The molecule has 0 aromatic carbocycles. The summed E-state index contributed by atoms with van der Waals surface area (Å²) < 4.78 is 21.0. The number of carbonyl (C=O) groups is 2. The Bertz CT molecular complexity index is 379. The molecule has 0 amide bonds. The molecule has 6 nitrogen and oxygen atoms in total. The maximum Gasteiger partial charge on any atom is 0.330 e. The van der Waals surface area contributed by atoms with Gasteiger partial charge < -0.3 is 18.9 Å². The molecule has 0 bridgehead atoms. The number of rotatable bonds is 6. The van der Waals surface area contributed by atoms with Gasteiger partial charge in [-0.25, -0.2) is 9.59 Å². The Labute approximate surface area is 118 Å². The first-order valence-electron chi connectivity index (χ1n) is 6.24. The fourth-order valence-electron chi connectivity index (χ4n) is 1.60. The van der Waals surface area contributed by atoms with Gasteiger partial charge in [0.25, 0.3) is 0 Å². The first-order chi connectivity index (χ1) is 9.39. The van der Waals surface area contributed by atoms with Gasteiger partial charge in [0.15, 0.2) is 6.29 Å². The highest BCUT2D eigenvalue weighted by Gasteiger charge is 2.37. The first-order valence-corrected chi connectivity index (χ1v) is 6.24. The first kappa shape index (κ1) is 16.4. The largest absolute Gasteiger partial charge is 0.462 e. The molecule has 6 heteroatoms. The van der Waals surface area contributed by atoms with Gasteiger partial charge in [-0.3, -0.25) is 0 Å². The molecule has 112 valence electrons. The smallest absolute Gasteiger partial charge is 0.330 e. The maximum atomic E-state index is 11.1. The summed E-state index contributed by atoms with van der Waals surface area (Å²) in [4.78, 5) is 22.1. The minimum Gasteiger partial charge on any atom is -0.462 e. The van der Waals surface area contributed by atoms with E-state index in [9.17, 15) is 9.59 Å². The highest BCUT2D eigenvalue weighted by Crippen LogP contribution is 2.28. The topological polar surface area (TPSA) is 71.1 Å². The summed E-state index contributed by atoms with van der Waals surface area (Å²) in [5, 5.41) is 0. The minimum absolute atomic E-state index is 0.139. The van der Waals surface area contributed by atoms with E-state index in [0.717, 1.165) is 12.2 Å². The number of hydrogen-bond donors (Lipinski definition) is 0. The molecule has 1 heterocycles. The zero-order valence-corrected chi connectivity index (χ0v) is 11.8. The Morgan fingerprint density at radius 1 is 1.20 bits per heavy atom. The van der Waals surface area contributed by atoms with Crippen LogP contribution >= 0.6 is 0 Å². The molecule has 0 aromatic heterocycles. The quantitative estimate of drug-likeness (QED) is 0.539. The maximum absolute atomic E-state index is 11.1. The summed E-state index contributed by atoms with van der Waals surface area (Å²) in [6.45, 7) is 10.9. The summed E-state index contributed by atoms with van der Waals surface area (Å²) in [5.74, 6) is -1.01. The second-order valence-electron chi connectivity index (χ2n) is 5.06. The zero-order chi connectivity index (χ0) is 15.2. The number of esters is 2. The van der Waals surface area contributed by atoms with Gasteiger partial charge in [0, 0.05) is 17.6 Å². The van der Waals surface area contributed by atoms with Crippen molar-refractivity contribution in [1.29, 1.82) is 0 Å². The van der Waals surface area contributed by atoms with Crippen molar-refractivity contribution >= 4 is 11.9 Å². The molecule has 1 rings (SSSR count). The SMILES string of the molecule is C=CC(=O)OCC(C)(C)C1OCC(OC(=O)C=C)CO1. The summed E-state index contributed by atoms with van der Waals surface area (Å²) in [6, 6.07) is 0. The van der Waals surface area contributed by atoms with Crippen molar-refractivity contribution in [2.45, 2.75) is 26.2 Å². The van der Waals surface area contributed by atoms with Crippen molar-refractivity contribution < 1.29 is 28.5 Å². The summed E-state index contributed by atoms with van der Waals surface area (Å²) in [6.07, 6.45) is 1.19. The van der Waals surface area contributed by atoms with Crippen molar-refractivity contribution in [3.8, 4) is 0 Å². The molecule has 0 atom stereocenters. The fourth-order valence-corrected chi connectivity index (χ4v) is 1.60. The van der Waals surface area contributed by atoms with Crippen molar-refractivity contribution in [3.63, 3.8) is 0 Å². The minimum atomic E-state index is -0.543.